The number of nitrogens with one attached hydrogen (secondary N) is 1. The monoisotopic (exact) mass is 363 g/mol. The maximum absolute atomic E-state index is 12.3. The van der Waals surface area contributed by atoms with E-state index in [1.54, 1.807) is 47.8 Å². The van der Waals surface area contributed by atoms with Gasteiger partial charge in [0, 0.05) is 5.02 Å². The fraction of sp³-hybridized carbons (Fsp3) is 0.385. The number of halogens is 1. The van der Waals surface area contributed by atoms with E-state index in [4.69, 9.17) is 29.6 Å². The summed E-state index contributed by atoms with van der Waals surface area (Å²) in [6.45, 7) is 4.04. The third-order valence-electron chi connectivity index (χ3n) is 2.38. The van der Waals surface area contributed by atoms with Gasteiger partial charge < -0.3 is 5.73 Å². The van der Waals surface area contributed by atoms with Crippen molar-refractivity contribution in [1.29, 1.82) is 0 Å². The van der Waals surface area contributed by atoms with Gasteiger partial charge in [-0.25, -0.2) is 5.01 Å². The van der Waals surface area contributed by atoms with Crippen molar-refractivity contribution in [2.75, 3.05) is 16.5 Å². The molecule has 0 saturated carbocycles. The molecule has 0 spiro atoms. The number of benzene rings is 1. The molecule has 0 heterocycles. The highest BCUT2D eigenvalue weighted by Gasteiger charge is 2.21. The van der Waals surface area contributed by atoms with Crippen molar-refractivity contribution in [1.82, 2.24) is 5.43 Å². The van der Waals surface area contributed by atoms with E-state index < -0.39 is 0 Å². The van der Waals surface area contributed by atoms with Gasteiger partial charge in [-0.15, -0.1) is 23.5 Å². The van der Waals surface area contributed by atoms with E-state index in [1.165, 1.54) is 5.01 Å². The number of hydrogen-bond donors (Lipinski definition) is 2. The molecule has 0 aliphatic rings. The second-order valence-electron chi connectivity index (χ2n) is 3.87. The maximum atomic E-state index is 12.3. The minimum Gasteiger partial charge on any atom is -0.374 e. The number of nitrogens with zero attached hydrogens (tertiary/aromatic N) is 1. The van der Waals surface area contributed by atoms with Gasteiger partial charge in [0.05, 0.1) is 5.69 Å². The predicted molar refractivity (Wildman–Crippen MR) is 98.9 cm³/mol. The van der Waals surface area contributed by atoms with Crippen molar-refractivity contribution in [2.24, 2.45) is 5.73 Å². The van der Waals surface area contributed by atoms with Crippen LogP contribution in [-0.4, -0.2) is 27.1 Å². The third kappa shape index (κ3) is 5.94. The molecule has 0 atom stereocenters. The number of amides is 1. The van der Waals surface area contributed by atoms with Crippen molar-refractivity contribution in [3.8, 4) is 0 Å². The summed E-state index contributed by atoms with van der Waals surface area (Å²) in [7, 11) is 0. The standard InChI is InChI=1S/C13H18ClN3OS3/c1-3-20-12(21-4-2)11(18)16-17(13(15)19)10-7-5-9(14)6-8-10/h5-8,12H,3-4H2,1-2H3,(H2,15,19)(H,16,18). The van der Waals surface area contributed by atoms with Crippen LogP contribution in [-0.2, 0) is 4.79 Å². The lowest BCUT2D eigenvalue weighted by Crippen LogP contribution is -2.51. The molecule has 1 rings (SSSR count). The SMILES string of the molecule is CCSC(SCC)C(=O)NN(C(N)=S)c1ccc(Cl)cc1. The molecule has 0 unspecified atom stereocenters. The van der Waals surface area contributed by atoms with Gasteiger partial charge in [-0.1, -0.05) is 25.4 Å². The second kappa shape index (κ2) is 9.40. The highest BCUT2D eigenvalue weighted by Crippen LogP contribution is 2.24. The Kier molecular flexibility index (Phi) is 8.24. The lowest BCUT2D eigenvalue weighted by atomic mass is 10.3. The van der Waals surface area contributed by atoms with E-state index in [0.29, 0.717) is 10.7 Å². The first-order valence-electron chi connectivity index (χ1n) is 6.38. The molecular formula is C13H18ClN3OS3. The zero-order valence-corrected chi connectivity index (χ0v) is 15.0. The lowest BCUT2D eigenvalue weighted by molar-refractivity contribution is -0.119. The van der Waals surface area contributed by atoms with E-state index in [-0.39, 0.29) is 15.6 Å². The molecule has 4 nitrogen and oxygen atoms in total. The molecule has 0 radical (unpaired) electrons. The Bertz CT molecular complexity index is 478. The molecule has 1 aromatic carbocycles. The second-order valence-corrected chi connectivity index (χ2v) is 7.79. The molecule has 0 fully saturated rings. The zero-order valence-electron chi connectivity index (χ0n) is 11.8. The summed E-state index contributed by atoms with van der Waals surface area (Å²) in [6, 6.07) is 6.92. The average molecular weight is 364 g/mol. The number of nitrogens with two attached hydrogens (primary N) is 1. The van der Waals surface area contributed by atoms with Gasteiger partial charge >= 0.3 is 0 Å². The molecule has 0 aliphatic carbocycles. The third-order valence-corrected chi connectivity index (χ3v) is 5.33. The number of thiocarbonyl (C=S) groups is 1. The van der Waals surface area contributed by atoms with Crippen LogP contribution in [0.15, 0.2) is 24.3 Å². The molecule has 8 heteroatoms. The van der Waals surface area contributed by atoms with E-state index in [0.717, 1.165) is 11.5 Å². The van der Waals surface area contributed by atoms with Crippen molar-refractivity contribution in [2.45, 2.75) is 18.4 Å². The Labute approximate surface area is 144 Å². The van der Waals surface area contributed by atoms with Crippen LogP contribution in [0.25, 0.3) is 0 Å². The summed E-state index contributed by atoms with van der Waals surface area (Å²) < 4.78 is -0.191. The van der Waals surface area contributed by atoms with Crippen LogP contribution in [0.4, 0.5) is 5.69 Å². The minimum absolute atomic E-state index is 0.0763. The highest BCUT2D eigenvalue weighted by molar-refractivity contribution is 8.18. The normalized spacial score (nSPS) is 10.5. The molecule has 116 valence electrons. The van der Waals surface area contributed by atoms with E-state index in [2.05, 4.69) is 5.43 Å². The Morgan fingerprint density at radius 2 is 1.86 bits per heavy atom. The van der Waals surface area contributed by atoms with Crippen LogP contribution in [0, 0.1) is 0 Å². The summed E-state index contributed by atoms with van der Waals surface area (Å²) in [5.41, 5.74) is 9.13. The summed E-state index contributed by atoms with van der Waals surface area (Å²) in [5.74, 6) is 1.59. The molecule has 0 aromatic heterocycles. The number of hydrogen-bond acceptors (Lipinski definition) is 4. The number of anilines is 1. The number of carbonyl (C=O) groups is 1. The summed E-state index contributed by atoms with van der Waals surface area (Å²) in [4.78, 5) is 12.3. The van der Waals surface area contributed by atoms with Gasteiger partial charge in [0.1, 0.15) is 4.58 Å². The summed E-state index contributed by atoms with van der Waals surface area (Å²) >= 11 is 14.0. The zero-order chi connectivity index (χ0) is 15.8. The Balaban J connectivity index is 2.84. The fourth-order valence-corrected chi connectivity index (χ4v) is 3.99. The molecule has 0 aliphatic heterocycles. The van der Waals surface area contributed by atoms with E-state index >= 15 is 0 Å². The van der Waals surface area contributed by atoms with Crippen LogP contribution in [0.1, 0.15) is 13.8 Å². The number of hydrazine groups is 1. The van der Waals surface area contributed by atoms with Gasteiger partial charge in [-0.05, 0) is 48.0 Å². The highest BCUT2D eigenvalue weighted by atomic mass is 35.5. The number of thioether (sulfide) groups is 2. The Morgan fingerprint density at radius 1 is 1.33 bits per heavy atom. The van der Waals surface area contributed by atoms with Crippen LogP contribution in [0.5, 0.6) is 0 Å². The smallest absolute Gasteiger partial charge is 0.262 e. The minimum atomic E-state index is -0.191. The molecule has 1 aromatic rings. The van der Waals surface area contributed by atoms with Gasteiger partial charge in [-0.2, -0.15) is 0 Å². The van der Waals surface area contributed by atoms with Crippen LogP contribution >= 0.6 is 47.3 Å². The van der Waals surface area contributed by atoms with Gasteiger partial charge in [-0.3, -0.25) is 10.2 Å². The fourth-order valence-electron chi connectivity index (χ4n) is 1.50. The predicted octanol–water partition coefficient (Wildman–Crippen LogP) is 3.25. The van der Waals surface area contributed by atoms with Crippen molar-refractivity contribution >= 4 is 64.0 Å². The first kappa shape index (κ1) is 18.4. The molecular weight excluding hydrogens is 346 g/mol. The van der Waals surface area contributed by atoms with Crippen molar-refractivity contribution in [3.05, 3.63) is 29.3 Å². The number of carbonyl (C=O) groups excluding carboxylic acids is 1. The Hall–Kier alpha value is -0.630. The topological polar surface area (TPSA) is 58.4 Å². The van der Waals surface area contributed by atoms with Crippen LogP contribution < -0.4 is 16.2 Å². The first-order valence-corrected chi connectivity index (χ1v) is 9.26. The van der Waals surface area contributed by atoms with Gasteiger partial charge in [0.25, 0.3) is 5.91 Å². The quantitative estimate of drug-likeness (QED) is 0.459. The molecule has 1 amide bonds. The summed E-state index contributed by atoms with van der Waals surface area (Å²) in [6.07, 6.45) is 0. The molecule has 0 saturated heterocycles. The molecule has 3 N–H and O–H groups in total. The van der Waals surface area contributed by atoms with Gasteiger partial charge in [0.2, 0.25) is 0 Å². The lowest BCUT2D eigenvalue weighted by Gasteiger charge is -2.25. The van der Waals surface area contributed by atoms with Crippen molar-refractivity contribution in [3.63, 3.8) is 0 Å². The largest absolute Gasteiger partial charge is 0.374 e. The summed E-state index contributed by atoms with van der Waals surface area (Å²) in [5, 5.41) is 2.08. The molecule has 21 heavy (non-hydrogen) atoms. The maximum Gasteiger partial charge on any atom is 0.262 e. The Morgan fingerprint density at radius 3 is 2.29 bits per heavy atom. The van der Waals surface area contributed by atoms with Crippen LogP contribution in [0.3, 0.4) is 0 Å². The van der Waals surface area contributed by atoms with Crippen LogP contribution in [0.2, 0.25) is 5.02 Å². The van der Waals surface area contributed by atoms with Gasteiger partial charge in [0.15, 0.2) is 5.11 Å². The first-order chi connectivity index (χ1) is 9.99. The number of rotatable bonds is 6. The van der Waals surface area contributed by atoms with E-state index in [1.807, 2.05) is 13.8 Å². The average Bonchev–Trinajstić information content (AvgIpc) is 2.45. The molecule has 0 bridgehead atoms. The van der Waals surface area contributed by atoms with Crippen molar-refractivity contribution < 1.29 is 4.79 Å². The van der Waals surface area contributed by atoms with E-state index in [9.17, 15) is 4.79 Å².